The lowest BCUT2D eigenvalue weighted by Crippen LogP contribution is -2.35. The van der Waals surface area contributed by atoms with Crippen molar-refractivity contribution in [2.75, 3.05) is 0 Å². The largest absolute Gasteiger partial charge is 0.507 e. The number of rotatable bonds is 5. The van der Waals surface area contributed by atoms with Crippen LogP contribution in [0.2, 0.25) is 0 Å². The van der Waals surface area contributed by atoms with Gasteiger partial charge in [0, 0.05) is 18.6 Å². The number of hydrogen-bond acceptors (Lipinski definition) is 4. The highest BCUT2D eigenvalue weighted by Gasteiger charge is 2.19. The van der Waals surface area contributed by atoms with E-state index in [2.05, 4.69) is 59.2 Å². The van der Waals surface area contributed by atoms with Crippen LogP contribution >= 0.6 is 22.7 Å². The van der Waals surface area contributed by atoms with Gasteiger partial charge in [-0.15, -0.1) is 11.3 Å². The number of fused-ring (bicyclic) bond motifs is 2. The fourth-order valence-electron chi connectivity index (χ4n) is 3.42. The van der Waals surface area contributed by atoms with Crippen molar-refractivity contribution in [2.45, 2.75) is 13.0 Å². The molecule has 3 nitrogen and oxygen atoms in total. The first-order valence-corrected chi connectivity index (χ1v) is 11.1. The highest BCUT2D eigenvalue weighted by molar-refractivity contribution is 7.19. The molecule has 0 unspecified atom stereocenters. The molecule has 0 aliphatic carbocycles. The molecule has 1 N–H and O–H groups in total. The van der Waals surface area contributed by atoms with Crippen molar-refractivity contribution in [1.29, 1.82) is 0 Å². The van der Waals surface area contributed by atoms with Crippen LogP contribution in [0.3, 0.4) is 0 Å². The minimum atomic E-state index is 0.333. The molecule has 0 bridgehead atoms. The van der Waals surface area contributed by atoms with Gasteiger partial charge < -0.3 is 5.11 Å². The molecule has 5 heteroatoms. The van der Waals surface area contributed by atoms with Crippen molar-refractivity contribution in [3.8, 4) is 5.75 Å². The Hall–Kier alpha value is -3.02. The molecule has 142 valence electrons. The first kappa shape index (κ1) is 18.0. The van der Waals surface area contributed by atoms with Gasteiger partial charge in [0.2, 0.25) is 5.52 Å². The zero-order chi connectivity index (χ0) is 19.6. The molecule has 29 heavy (non-hydrogen) atoms. The van der Waals surface area contributed by atoms with Gasteiger partial charge >= 0.3 is 0 Å². The second kappa shape index (κ2) is 7.78. The third-order valence-electron chi connectivity index (χ3n) is 4.85. The molecule has 0 aliphatic rings. The van der Waals surface area contributed by atoms with Gasteiger partial charge in [0.1, 0.15) is 10.4 Å². The number of para-hydroxylation sites is 3. The normalized spacial score (nSPS) is 11.7. The van der Waals surface area contributed by atoms with E-state index in [1.165, 1.54) is 14.9 Å². The highest BCUT2D eigenvalue weighted by atomic mass is 32.1. The van der Waals surface area contributed by atoms with E-state index in [0.29, 0.717) is 12.3 Å². The maximum atomic E-state index is 10.2. The van der Waals surface area contributed by atoms with E-state index < -0.39 is 0 Å². The number of aromatic nitrogens is 2. The average molecular weight is 416 g/mol. The van der Waals surface area contributed by atoms with Crippen LogP contribution < -0.4 is 4.57 Å². The lowest BCUT2D eigenvalue weighted by atomic mass is 10.2. The van der Waals surface area contributed by atoms with Crippen LogP contribution in [0.25, 0.3) is 26.5 Å². The summed E-state index contributed by atoms with van der Waals surface area (Å²) >= 11 is 3.51. The van der Waals surface area contributed by atoms with Crippen LogP contribution in [-0.4, -0.2) is 10.1 Å². The van der Waals surface area contributed by atoms with E-state index in [1.54, 1.807) is 28.7 Å². The Balaban J connectivity index is 1.47. The Morgan fingerprint density at radius 1 is 0.862 bits per heavy atom. The van der Waals surface area contributed by atoms with Gasteiger partial charge in [0.15, 0.2) is 6.54 Å². The summed E-state index contributed by atoms with van der Waals surface area (Å²) in [6.07, 6.45) is 5.17. The van der Waals surface area contributed by atoms with Gasteiger partial charge in [-0.3, -0.25) is 0 Å². The minimum absolute atomic E-state index is 0.333. The SMILES string of the molecule is Oc1ccccc1C[n+]1c(C=CCc2nc3ccccc3s2)sc2ccccc21. The topological polar surface area (TPSA) is 37.0 Å². The number of allylic oxidation sites excluding steroid dienone is 1. The molecule has 0 fully saturated rings. The van der Waals surface area contributed by atoms with Gasteiger partial charge in [0.25, 0.3) is 5.01 Å². The van der Waals surface area contributed by atoms with E-state index >= 15 is 0 Å². The van der Waals surface area contributed by atoms with Crippen molar-refractivity contribution in [2.24, 2.45) is 0 Å². The van der Waals surface area contributed by atoms with Crippen LogP contribution in [0.4, 0.5) is 0 Å². The Labute approximate surface area is 176 Å². The molecule has 0 atom stereocenters. The van der Waals surface area contributed by atoms with Crippen molar-refractivity contribution >= 4 is 49.2 Å². The minimum Gasteiger partial charge on any atom is -0.507 e. The van der Waals surface area contributed by atoms with Gasteiger partial charge in [0.05, 0.1) is 20.8 Å². The summed E-state index contributed by atoms with van der Waals surface area (Å²) in [4.78, 5) is 4.72. The third kappa shape index (κ3) is 3.67. The number of hydrogen-bond donors (Lipinski definition) is 1. The molecule has 2 aromatic heterocycles. The molecule has 0 amide bonds. The van der Waals surface area contributed by atoms with E-state index in [4.69, 9.17) is 4.98 Å². The Bertz CT molecular complexity index is 1300. The highest BCUT2D eigenvalue weighted by Crippen LogP contribution is 2.25. The van der Waals surface area contributed by atoms with Crippen LogP contribution in [0.5, 0.6) is 5.75 Å². The molecule has 2 heterocycles. The molecule has 0 radical (unpaired) electrons. The molecule has 3 aromatic carbocycles. The summed E-state index contributed by atoms with van der Waals surface area (Å²) in [6, 6.07) is 24.2. The molecule has 0 spiro atoms. The molecule has 5 aromatic rings. The summed E-state index contributed by atoms with van der Waals surface area (Å²) in [7, 11) is 0. The number of phenols is 1. The van der Waals surface area contributed by atoms with E-state index in [9.17, 15) is 5.11 Å². The van der Waals surface area contributed by atoms with Crippen molar-refractivity contribution in [1.82, 2.24) is 4.98 Å². The van der Waals surface area contributed by atoms with Crippen LogP contribution in [-0.2, 0) is 13.0 Å². The van der Waals surface area contributed by atoms with Gasteiger partial charge in [-0.05, 0) is 30.3 Å². The maximum Gasteiger partial charge on any atom is 0.262 e. The first-order valence-electron chi connectivity index (χ1n) is 9.47. The quantitative estimate of drug-likeness (QED) is 0.368. The number of nitrogens with zero attached hydrogens (tertiary/aromatic N) is 2. The van der Waals surface area contributed by atoms with Gasteiger partial charge in [-0.1, -0.05) is 53.8 Å². The predicted molar refractivity (Wildman–Crippen MR) is 122 cm³/mol. The van der Waals surface area contributed by atoms with Crippen molar-refractivity contribution in [3.05, 3.63) is 94.5 Å². The molecular weight excluding hydrogens is 396 g/mol. The van der Waals surface area contributed by atoms with Crippen molar-refractivity contribution in [3.63, 3.8) is 0 Å². The second-order valence-corrected chi connectivity index (χ2v) is 8.98. The molecule has 0 saturated carbocycles. The van der Waals surface area contributed by atoms with Gasteiger partial charge in [-0.25, -0.2) is 4.98 Å². The third-order valence-corrected chi connectivity index (χ3v) is 7.04. The smallest absolute Gasteiger partial charge is 0.262 e. The summed E-state index contributed by atoms with van der Waals surface area (Å²) in [6.45, 7) is 0.636. The zero-order valence-corrected chi connectivity index (χ0v) is 17.3. The average Bonchev–Trinajstić information content (AvgIpc) is 3.31. The number of benzene rings is 3. The summed E-state index contributed by atoms with van der Waals surface area (Å²) in [5.74, 6) is 0.333. The van der Waals surface area contributed by atoms with Gasteiger partial charge in [-0.2, -0.15) is 4.57 Å². The van der Waals surface area contributed by atoms with E-state index in [1.807, 2.05) is 24.3 Å². The second-order valence-electron chi connectivity index (χ2n) is 6.80. The predicted octanol–water partition coefficient (Wildman–Crippen LogP) is 5.81. The maximum absolute atomic E-state index is 10.2. The Morgan fingerprint density at radius 3 is 2.48 bits per heavy atom. The molecule has 5 rings (SSSR count). The van der Waals surface area contributed by atoms with Crippen LogP contribution in [0.1, 0.15) is 15.6 Å². The fraction of sp³-hybridized carbons (Fsp3) is 0.0833. The zero-order valence-electron chi connectivity index (χ0n) is 15.7. The summed E-state index contributed by atoms with van der Waals surface area (Å²) < 4.78 is 4.74. The monoisotopic (exact) mass is 415 g/mol. The number of phenolic OH excluding ortho intramolecular Hbond substituents is 1. The van der Waals surface area contributed by atoms with E-state index in [0.717, 1.165) is 27.5 Å². The number of aromatic hydroxyl groups is 1. The summed E-state index contributed by atoms with van der Waals surface area (Å²) in [5.41, 5.74) is 3.17. The number of thiazole rings is 2. The van der Waals surface area contributed by atoms with Crippen molar-refractivity contribution < 1.29 is 9.67 Å². The lowest BCUT2D eigenvalue weighted by Gasteiger charge is -2.01. The molecule has 0 saturated heterocycles. The summed E-state index contributed by atoms with van der Waals surface area (Å²) in [5, 5.41) is 12.5. The molecule has 0 aliphatic heterocycles. The van der Waals surface area contributed by atoms with E-state index in [-0.39, 0.29) is 0 Å². The van der Waals surface area contributed by atoms with Crippen LogP contribution in [0.15, 0.2) is 78.9 Å². The Morgan fingerprint density at radius 2 is 1.62 bits per heavy atom. The molecular formula is C24H19N2OS2+. The van der Waals surface area contributed by atoms with Crippen LogP contribution in [0, 0.1) is 0 Å². The Kier molecular flexibility index (Phi) is 4.84. The fourth-order valence-corrected chi connectivity index (χ4v) is 5.46. The first-order chi connectivity index (χ1) is 14.3. The standard InChI is InChI=1S/C24H18N2OS2/c27-20-11-4-1-8-17(20)16-26-19-10-3-6-13-22(19)29-24(26)15-7-14-23-25-18-9-2-5-12-21(18)28-23/h1-13,15H,14,16H2/p+1. The lowest BCUT2D eigenvalue weighted by molar-refractivity contribution is -0.659.